The van der Waals surface area contributed by atoms with Gasteiger partial charge in [-0.2, -0.15) is 22.0 Å². The van der Waals surface area contributed by atoms with Gasteiger partial charge < -0.3 is 20.1 Å². The molecule has 0 spiro atoms. The molecule has 0 saturated heterocycles. The second-order valence-electron chi connectivity index (χ2n) is 11.8. The number of halogens is 5. The predicted molar refractivity (Wildman–Crippen MR) is 154 cm³/mol. The first-order chi connectivity index (χ1) is 20.3. The number of unbranched alkanes of at least 4 members (excludes halogenated alkanes) is 6. The lowest BCUT2D eigenvalue weighted by molar-refractivity contribution is -0.284. The first kappa shape index (κ1) is 34.5. The Kier molecular flexibility index (Phi) is 12.1. The van der Waals surface area contributed by atoms with E-state index in [2.05, 4.69) is 6.92 Å². The summed E-state index contributed by atoms with van der Waals surface area (Å²) in [5, 5.41) is 29.3. The summed E-state index contributed by atoms with van der Waals surface area (Å²) in [4.78, 5) is 11.5. The van der Waals surface area contributed by atoms with Crippen molar-refractivity contribution in [2.45, 2.75) is 114 Å². The molecule has 3 rings (SSSR count). The van der Waals surface area contributed by atoms with Gasteiger partial charge in [-0.3, -0.25) is 4.79 Å². The topological polar surface area (TPSA) is 87.0 Å². The van der Waals surface area contributed by atoms with Gasteiger partial charge in [-0.25, -0.2) is 0 Å². The summed E-state index contributed by atoms with van der Waals surface area (Å²) in [6, 6.07) is 12.5. The van der Waals surface area contributed by atoms with Crippen molar-refractivity contribution in [1.82, 2.24) is 0 Å². The zero-order chi connectivity index (χ0) is 31.7. The third-order valence-electron chi connectivity index (χ3n) is 8.95. The first-order valence-corrected chi connectivity index (χ1v) is 15.2. The van der Waals surface area contributed by atoms with Crippen LogP contribution in [0.25, 0.3) is 0 Å². The van der Waals surface area contributed by atoms with E-state index in [1.165, 1.54) is 0 Å². The normalized spacial score (nSPS) is 19.4. The van der Waals surface area contributed by atoms with E-state index in [9.17, 15) is 42.1 Å². The van der Waals surface area contributed by atoms with Gasteiger partial charge >= 0.3 is 18.1 Å². The van der Waals surface area contributed by atoms with Crippen LogP contribution in [0.5, 0.6) is 17.2 Å². The van der Waals surface area contributed by atoms with Gasteiger partial charge in [0.1, 0.15) is 17.2 Å². The second-order valence-corrected chi connectivity index (χ2v) is 11.8. The number of aromatic hydroxyl groups is 2. The van der Waals surface area contributed by atoms with E-state index in [4.69, 9.17) is 4.74 Å². The lowest BCUT2D eigenvalue weighted by atomic mass is 9.63. The van der Waals surface area contributed by atoms with Crippen LogP contribution in [-0.2, 0) is 10.2 Å². The first-order valence-electron chi connectivity index (χ1n) is 15.2. The highest BCUT2D eigenvalue weighted by molar-refractivity contribution is 5.69. The molecule has 3 atom stereocenters. The van der Waals surface area contributed by atoms with Crippen LogP contribution < -0.4 is 4.74 Å². The van der Waals surface area contributed by atoms with Crippen LogP contribution in [-0.4, -0.2) is 40.0 Å². The van der Waals surface area contributed by atoms with Crippen molar-refractivity contribution in [1.29, 1.82) is 0 Å². The molecule has 1 aliphatic heterocycles. The summed E-state index contributed by atoms with van der Waals surface area (Å²) < 4.78 is 69.2. The number of hydrogen-bond acceptors (Lipinski definition) is 4. The number of benzene rings is 2. The second kappa shape index (κ2) is 15.1. The van der Waals surface area contributed by atoms with Crippen LogP contribution in [0.3, 0.4) is 0 Å². The smallest absolute Gasteiger partial charge is 0.453 e. The lowest BCUT2D eigenvalue weighted by Gasteiger charge is -2.45. The summed E-state index contributed by atoms with van der Waals surface area (Å²) in [5.41, 5.74) is 1.87. The van der Waals surface area contributed by atoms with E-state index in [1.54, 1.807) is 24.3 Å². The maximum Gasteiger partial charge on any atom is 0.453 e. The molecule has 2 aromatic rings. The number of hydrogen-bond donors (Lipinski definition) is 3. The van der Waals surface area contributed by atoms with Crippen molar-refractivity contribution in [3.8, 4) is 17.2 Å². The van der Waals surface area contributed by atoms with Crippen molar-refractivity contribution in [2.24, 2.45) is 5.92 Å². The van der Waals surface area contributed by atoms with Crippen molar-refractivity contribution in [3.05, 3.63) is 53.6 Å². The Morgan fingerprint density at radius 3 is 2.07 bits per heavy atom. The van der Waals surface area contributed by atoms with Crippen molar-refractivity contribution in [2.75, 3.05) is 6.61 Å². The average molecular weight is 615 g/mol. The highest BCUT2D eigenvalue weighted by Crippen LogP contribution is 2.51. The van der Waals surface area contributed by atoms with Crippen LogP contribution >= 0.6 is 0 Å². The van der Waals surface area contributed by atoms with E-state index >= 15 is 0 Å². The molecular weight excluding hydrogens is 571 g/mol. The standard InChI is InChI=1S/C33H43F5O5/c1-2-31(24-14-16-25(39)17-15-24)22-43-29-21-26(40)18-19-27(29)28(31)13-8-6-4-3-5-7-11-23(30(41)42)12-9-10-20-32(34,35)33(36,37)38/h14-19,21,23,28,39-40H,2-13,20,22H2,1H3,(H,41,42)/t23?,28-,31-/m1/s1. The van der Waals surface area contributed by atoms with Gasteiger partial charge in [0.25, 0.3) is 0 Å². The number of aliphatic carboxylic acids is 1. The molecule has 10 heteroatoms. The number of rotatable bonds is 17. The van der Waals surface area contributed by atoms with E-state index in [-0.39, 0.29) is 42.1 Å². The monoisotopic (exact) mass is 614 g/mol. The minimum atomic E-state index is -5.58. The van der Waals surface area contributed by atoms with E-state index in [1.807, 2.05) is 18.2 Å². The number of ether oxygens (including phenoxy) is 1. The van der Waals surface area contributed by atoms with Crippen molar-refractivity contribution in [3.63, 3.8) is 0 Å². The average Bonchev–Trinajstić information content (AvgIpc) is 2.95. The zero-order valence-corrected chi connectivity index (χ0v) is 24.6. The summed E-state index contributed by atoms with van der Waals surface area (Å²) in [7, 11) is 0. The molecule has 0 saturated carbocycles. The van der Waals surface area contributed by atoms with Gasteiger partial charge in [-0.15, -0.1) is 0 Å². The van der Waals surface area contributed by atoms with Crippen LogP contribution in [0.2, 0.25) is 0 Å². The summed E-state index contributed by atoms with van der Waals surface area (Å²) >= 11 is 0. The molecule has 1 aliphatic rings. The van der Waals surface area contributed by atoms with Gasteiger partial charge in [-0.1, -0.05) is 70.1 Å². The number of phenolic OH excluding ortho intramolecular Hbond substituents is 2. The highest BCUT2D eigenvalue weighted by Gasteiger charge is 2.56. The number of alkyl halides is 5. The maximum absolute atomic E-state index is 13.1. The fourth-order valence-corrected chi connectivity index (χ4v) is 6.32. The van der Waals surface area contributed by atoms with Gasteiger partial charge in [0.2, 0.25) is 0 Å². The van der Waals surface area contributed by atoms with Gasteiger partial charge in [0.05, 0.1) is 12.5 Å². The van der Waals surface area contributed by atoms with Crippen LogP contribution in [0, 0.1) is 5.92 Å². The van der Waals surface area contributed by atoms with Gasteiger partial charge in [0.15, 0.2) is 0 Å². The molecular formula is C33H43F5O5. The molecule has 2 aromatic carbocycles. The molecule has 0 bridgehead atoms. The van der Waals surface area contributed by atoms with Crippen LogP contribution in [0.15, 0.2) is 42.5 Å². The van der Waals surface area contributed by atoms with Crippen LogP contribution in [0.1, 0.15) is 107 Å². The predicted octanol–water partition coefficient (Wildman–Crippen LogP) is 9.50. The molecule has 43 heavy (non-hydrogen) atoms. The number of carboxylic acids is 1. The van der Waals surface area contributed by atoms with Gasteiger partial charge in [0, 0.05) is 23.8 Å². The van der Waals surface area contributed by atoms with Crippen molar-refractivity contribution < 1.29 is 46.8 Å². The molecule has 240 valence electrons. The number of carbonyl (C=O) groups is 1. The molecule has 1 heterocycles. The number of fused-ring (bicyclic) bond motifs is 1. The Labute approximate surface area is 250 Å². The Hall–Kier alpha value is -3.04. The third kappa shape index (κ3) is 8.99. The molecule has 3 N–H and O–H groups in total. The molecule has 0 amide bonds. The van der Waals surface area contributed by atoms with E-state index < -0.39 is 30.4 Å². The maximum atomic E-state index is 13.1. The Bertz CT molecular complexity index is 1170. The van der Waals surface area contributed by atoms with Gasteiger partial charge in [-0.05, 0) is 61.4 Å². The third-order valence-corrected chi connectivity index (χ3v) is 8.95. The minimum Gasteiger partial charge on any atom is -0.508 e. The molecule has 1 unspecified atom stereocenters. The summed E-state index contributed by atoms with van der Waals surface area (Å²) in [6.45, 7) is 2.60. The molecule has 0 aromatic heterocycles. The largest absolute Gasteiger partial charge is 0.508 e. The SMILES string of the molecule is CC[C@]1(c2ccc(O)cc2)COc2cc(O)ccc2[C@H]1CCCCCCCCC(CCCCC(F)(F)C(F)(F)F)C(=O)O. The molecule has 5 nitrogen and oxygen atoms in total. The quantitative estimate of drug-likeness (QED) is 0.122. The molecule has 0 fully saturated rings. The highest BCUT2D eigenvalue weighted by atomic mass is 19.4. The molecule has 0 aliphatic carbocycles. The number of carboxylic acid groups (broad SMARTS) is 1. The fourth-order valence-electron chi connectivity index (χ4n) is 6.32. The zero-order valence-electron chi connectivity index (χ0n) is 24.6. The minimum absolute atomic E-state index is 0.0149. The van der Waals surface area contributed by atoms with Crippen LogP contribution in [0.4, 0.5) is 22.0 Å². The lowest BCUT2D eigenvalue weighted by Crippen LogP contribution is -2.42. The Morgan fingerprint density at radius 1 is 0.884 bits per heavy atom. The fraction of sp³-hybridized carbons (Fsp3) is 0.606. The summed E-state index contributed by atoms with van der Waals surface area (Å²) in [5.74, 6) is -5.33. The van der Waals surface area contributed by atoms with E-state index in [0.717, 1.165) is 56.1 Å². The Balaban J connectivity index is 1.46. The van der Waals surface area contributed by atoms with Crippen molar-refractivity contribution >= 4 is 5.97 Å². The Morgan fingerprint density at radius 2 is 1.47 bits per heavy atom. The molecule has 0 radical (unpaired) electrons. The number of phenols is 2. The van der Waals surface area contributed by atoms with E-state index in [0.29, 0.717) is 25.2 Å². The summed E-state index contributed by atoms with van der Waals surface area (Å²) in [6.07, 6.45) is 0.257.